The molecule has 0 saturated carbocycles. The summed E-state index contributed by atoms with van der Waals surface area (Å²) in [6, 6.07) is 0. The van der Waals surface area contributed by atoms with Crippen LogP contribution < -0.4 is 5.73 Å². The summed E-state index contributed by atoms with van der Waals surface area (Å²) in [5, 5.41) is 0. The summed E-state index contributed by atoms with van der Waals surface area (Å²) in [5.74, 6) is 0.0700. The van der Waals surface area contributed by atoms with Crippen molar-refractivity contribution in [3.8, 4) is 0 Å². The molecule has 0 bridgehead atoms. The summed E-state index contributed by atoms with van der Waals surface area (Å²) in [5.41, 5.74) is 7.27. The molecule has 0 atom stereocenters. The Bertz CT molecular complexity index is 504. The molecule has 2 N–H and O–H groups in total. The quantitative estimate of drug-likeness (QED) is 0.794. The fourth-order valence-electron chi connectivity index (χ4n) is 1.96. The van der Waals surface area contributed by atoms with Gasteiger partial charge in [0, 0.05) is 14.1 Å². The van der Waals surface area contributed by atoms with E-state index in [4.69, 9.17) is 5.73 Å². The highest BCUT2D eigenvalue weighted by atomic mass is 32.2. The molecule has 0 aliphatic heterocycles. The van der Waals surface area contributed by atoms with Gasteiger partial charge in [-0.05, 0) is 25.7 Å². The largest absolute Gasteiger partial charge is 0.368 e. The van der Waals surface area contributed by atoms with Gasteiger partial charge in [0.05, 0.1) is 11.4 Å². The maximum absolute atomic E-state index is 12.1. The SMILES string of the molecule is CN(C)S(=O)(=O)n1c(N)nc2c1CCCC2. The van der Waals surface area contributed by atoms with Gasteiger partial charge >= 0.3 is 10.2 Å². The number of hydrogen-bond acceptors (Lipinski definition) is 4. The standard InChI is InChI=1S/C9H16N4O2S/c1-12(2)16(14,15)13-8-6-4-3-5-7(8)11-9(13)10/h3-6H2,1-2H3,(H2,10,11). The molecule has 1 aromatic rings. The van der Waals surface area contributed by atoms with Crippen LogP contribution in [0.25, 0.3) is 0 Å². The zero-order valence-corrected chi connectivity index (χ0v) is 10.3. The molecule has 0 saturated heterocycles. The molecule has 2 rings (SSSR count). The van der Waals surface area contributed by atoms with Crippen molar-refractivity contribution in [3.05, 3.63) is 11.4 Å². The molecular weight excluding hydrogens is 228 g/mol. The van der Waals surface area contributed by atoms with Crippen molar-refractivity contribution in [2.45, 2.75) is 25.7 Å². The number of imidazole rings is 1. The highest BCUT2D eigenvalue weighted by molar-refractivity contribution is 7.87. The molecule has 16 heavy (non-hydrogen) atoms. The highest BCUT2D eigenvalue weighted by Crippen LogP contribution is 2.25. The lowest BCUT2D eigenvalue weighted by atomic mass is 10.0. The van der Waals surface area contributed by atoms with Crippen molar-refractivity contribution in [2.24, 2.45) is 0 Å². The van der Waals surface area contributed by atoms with Gasteiger partial charge in [-0.15, -0.1) is 0 Å². The zero-order valence-electron chi connectivity index (χ0n) is 9.47. The third-order valence-corrected chi connectivity index (χ3v) is 4.60. The highest BCUT2D eigenvalue weighted by Gasteiger charge is 2.27. The number of rotatable bonds is 2. The summed E-state index contributed by atoms with van der Waals surface area (Å²) in [7, 11) is -0.563. The summed E-state index contributed by atoms with van der Waals surface area (Å²) in [6.07, 6.45) is 3.58. The van der Waals surface area contributed by atoms with E-state index >= 15 is 0 Å². The van der Waals surface area contributed by atoms with E-state index in [2.05, 4.69) is 4.98 Å². The van der Waals surface area contributed by atoms with Crippen molar-refractivity contribution >= 4 is 16.2 Å². The molecule has 1 aliphatic carbocycles. The molecule has 0 unspecified atom stereocenters. The van der Waals surface area contributed by atoms with Crippen LogP contribution in [0.5, 0.6) is 0 Å². The lowest BCUT2D eigenvalue weighted by Crippen LogP contribution is -2.31. The third-order valence-electron chi connectivity index (χ3n) is 2.81. The van der Waals surface area contributed by atoms with Crippen molar-refractivity contribution in [1.82, 2.24) is 13.3 Å². The molecule has 0 fully saturated rings. The predicted molar refractivity (Wildman–Crippen MR) is 61.3 cm³/mol. The van der Waals surface area contributed by atoms with Gasteiger partial charge in [0.15, 0.2) is 0 Å². The number of fused-ring (bicyclic) bond motifs is 1. The van der Waals surface area contributed by atoms with Crippen LogP contribution in [0.3, 0.4) is 0 Å². The van der Waals surface area contributed by atoms with Gasteiger partial charge in [0.2, 0.25) is 5.95 Å². The van der Waals surface area contributed by atoms with Crippen LogP contribution in [-0.2, 0) is 23.1 Å². The lowest BCUT2D eigenvalue weighted by molar-refractivity contribution is 0.507. The van der Waals surface area contributed by atoms with Crippen molar-refractivity contribution in [1.29, 1.82) is 0 Å². The van der Waals surface area contributed by atoms with E-state index in [0.29, 0.717) is 0 Å². The van der Waals surface area contributed by atoms with E-state index in [-0.39, 0.29) is 5.95 Å². The van der Waals surface area contributed by atoms with Crippen molar-refractivity contribution in [3.63, 3.8) is 0 Å². The Morgan fingerprint density at radius 1 is 1.31 bits per heavy atom. The first-order valence-electron chi connectivity index (χ1n) is 5.23. The van der Waals surface area contributed by atoms with Crippen LogP contribution in [0.15, 0.2) is 0 Å². The average molecular weight is 244 g/mol. The molecule has 0 aromatic carbocycles. The fraction of sp³-hybridized carbons (Fsp3) is 0.667. The maximum atomic E-state index is 12.1. The minimum Gasteiger partial charge on any atom is -0.368 e. The number of anilines is 1. The Labute approximate surface area is 95.2 Å². The molecule has 1 aromatic heterocycles. The van der Waals surface area contributed by atoms with Gasteiger partial charge < -0.3 is 5.73 Å². The topological polar surface area (TPSA) is 81.2 Å². The Balaban J connectivity index is 2.61. The number of nitrogen functional groups attached to an aromatic ring is 1. The first-order valence-corrected chi connectivity index (χ1v) is 6.63. The molecule has 0 radical (unpaired) electrons. The van der Waals surface area contributed by atoms with Crippen LogP contribution in [0.1, 0.15) is 24.2 Å². The second kappa shape index (κ2) is 3.74. The van der Waals surface area contributed by atoms with Crippen LogP contribution >= 0.6 is 0 Å². The molecule has 7 heteroatoms. The lowest BCUT2D eigenvalue weighted by Gasteiger charge is -2.17. The number of aryl methyl sites for hydroxylation is 1. The molecule has 0 spiro atoms. The Kier molecular flexibility index (Phi) is 2.67. The van der Waals surface area contributed by atoms with Crippen LogP contribution in [-0.4, -0.2) is 35.8 Å². The second-order valence-corrected chi connectivity index (χ2v) is 6.12. The van der Waals surface area contributed by atoms with E-state index < -0.39 is 10.2 Å². The van der Waals surface area contributed by atoms with Gasteiger partial charge in [-0.2, -0.15) is 16.7 Å². The summed E-state index contributed by atoms with van der Waals surface area (Å²) in [6.45, 7) is 0. The Morgan fingerprint density at radius 3 is 2.56 bits per heavy atom. The molecule has 6 nitrogen and oxygen atoms in total. The van der Waals surface area contributed by atoms with Crippen molar-refractivity contribution in [2.75, 3.05) is 19.8 Å². The number of nitrogens with zero attached hydrogens (tertiary/aromatic N) is 3. The average Bonchev–Trinajstić information content (AvgIpc) is 2.53. The van der Waals surface area contributed by atoms with Crippen LogP contribution in [0.4, 0.5) is 5.95 Å². The number of hydrogen-bond donors (Lipinski definition) is 1. The summed E-state index contributed by atoms with van der Waals surface area (Å²) >= 11 is 0. The molecule has 1 heterocycles. The molecular formula is C9H16N4O2S. The van der Waals surface area contributed by atoms with Crippen molar-refractivity contribution < 1.29 is 8.42 Å². The normalized spacial score (nSPS) is 16.4. The summed E-state index contributed by atoms with van der Waals surface area (Å²) in [4.78, 5) is 4.13. The van der Waals surface area contributed by atoms with E-state index in [9.17, 15) is 8.42 Å². The smallest absolute Gasteiger partial charge is 0.310 e. The third kappa shape index (κ3) is 1.60. The fourth-order valence-corrected chi connectivity index (χ4v) is 3.03. The molecule has 90 valence electrons. The van der Waals surface area contributed by atoms with E-state index in [0.717, 1.165) is 41.4 Å². The second-order valence-electron chi connectivity index (χ2n) is 4.13. The van der Waals surface area contributed by atoms with E-state index in [1.165, 1.54) is 18.1 Å². The molecule has 1 aliphatic rings. The predicted octanol–water partition coefficient (Wildman–Crippen LogP) is -0.00140. The number of aromatic nitrogens is 2. The monoisotopic (exact) mass is 244 g/mol. The van der Waals surface area contributed by atoms with E-state index in [1.807, 2.05) is 0 Å². The minimum absolute atomic E-state index is 0.0700. The van der Waals surface area contributed by atoms with Gasteiger partial charge in [-0.25, -0.2) is 4.98 Å². The Hall–Kier alpha value is -1.08. The number of nitrogens with two attached hydrogens (primary N) is 1. The Morgan fingerprint density at radius 2 is 1.94 bits per heavy atom. The zero-order chi connectivity index (χ0) is 11.9. The molecule has 0 amide bonds. The first kappa shape index (κ1) is 11.4. The van der Waals surface area contributed by atoms with Crippen LogP contribution in [0, 0.1) is 0 Å². The van der Waals surface area contributed by atoms with E-state index in [1.54, 1.807) is 0 Å². The van der Waals surface area contributed by atoms with Gasteiger partial charge in [-0.1, -0.05) is 0 Å². The van der Waals surface area contributed by atoms with Crippen LogP contribution in [0.2, 0.25) is 0 Å². The first-order chi connectivity index (χ1) is 7.44. The maximum Gasteiger partial charge on any atom is 0.310 e. The summed E-state index contributed by atoms with van der Waals surface area (Å²) < 4.78 is 26.4. The minimum atomic E-state index is -3.54. The van der Waals surface area contributed by atoms with Gasteiger partial charge in [0.1, 0.15) is 0 Å². The van der Waals surface area contributed by atoms with Gasteiger partial charge in [0.25, 0.3) is 0 Å². The van der Waals surface area contributed by atoms with Gasteiger partial charge in [-0.3, -0.25) is 0 Å².